The van der Waals surface area contributed by atoms with Crippen molar-refractivity contribution in [3.8, 4) is 0 Å². The number of benzene rings is 2. The Kier molecular flexibility index (Phi) is 5.94. The van der Waals surface area contributed by atoms with Gasteiger partial charge < -0.3 is 15.2 Å². The van der Waals surface area contributed by atoms with E-state index in [0.717, 1.165) is 40.7 Å². The zero-order chi connectivity index (χ0) is 22.9. The van der Waals surface area contributed by atoms with Crippen molar-refractivity contribution in [1.29, 1.82) is 0 Å². The molecule has 1 aliphatic heterocycles. The standard InChI is InChI=1S/C27H32N4O2/c1-18-6-5-7-19(2)26(18)29-25(32)17-30-12-14-31(15-13-30)27(33)20-10-11-24-22(16-20)21-8-3-4-9-23(21)28-24/h5-7,10-11,16,28H,3-4,8-9,12-15,17H2,1-2H3,(H,29,32). The van der Waals surface area contributed by atoms with Crippen LogP contribution in [0.1, 0.15) is 45.6 Å². The molecule has 172 valence electrons. The molecular formula is C27H32N4O2. The van der Waals surface area contributed by atoms with E-state index in [4.69, 9.17) is 0 Å². The monoisotopic (exact) mass is 444 g/mol. The van der Waals surface area contributed by atoms with Crippen molar-refractivity contribution < 1.29 is 9.59 Å². The summed E-state index contributed by atoms with van der Waals surface area (Å²) in [4.78, 5) is 33.4. The molecule has 2 N–H and O–H groups in total. The number of aromatic amines is 1. The van der Waals surface area contributed by atoms with Gasteiger partial charge in [0.25, 0.3) is 5.91 Å². The lowest BCUT2D eigenvalue weighted by Crippen LogP contribution is -2.50. The Morgan fingerprint density at radius 1 is 0.970 bits per heavy atom. The third-order valence-corrected chi connectivity index (χ3v) is 7.12. The molecule has 0 bridgehead atoms. The summed E-state index contributed by atoms with van der Waals surface area (Å²) in [6.07, 6.45) is 4.65. The first kappa shape index (κ1) is 21.7. The highest BCUT2D eigenvalue weighted by Gasteiger charge is 2.24. The van der Waals surface area contributed by atoms with Crippen LogP contribution < -0.4 is 5.32 Å². The average molecular weight is 445 g/mol. The second kappa shape index (κ2) is 9.02. The number of hydrogen-bond donors (Lipinski definition) is 2. The molecule has 6 nitrogen and oxygen atoms in total. The van der Waals surface area contributed by atoms with Crippen molar-refractivity contribution in [3.05, 3.63) is 64.3 Å². The minimum atomic E-state index is -0.00476. The van der Waals surface area contributed by atoms with Crippen LogP contribution in [0.5, 0.6) is 0 Å². The molecule has 2 heterocycles. The molecule has 3 aromatic rings. The van der Waals surface area contributed by atoms with E-state index in [0.29, 0.717) is 32.7 Å². The summed E-state index contributed by atoms with van der Waals surface area (Å²) in [5.41, 5.74) is 7.67. The lowest BCUT2D eigenvalue weighted by Gasteiger charge is -2.34. The number of rotatable bonds is 4. The molecule has 0 atom stereocenters. The lowest BCUT2D eigenvalue weighted by molar-refractivity contribution is -0.117. The first-order chi connectivity index (χ1) is 16.0. The van der Waals surface area contributed by atoms with Crippen LogP contribution in [-0.2, 0) is 17.6 Å². The number of piperazine rings is 1. The highest BCUT2D eigenvalue weighted by molar-refractivity contribution is 5.99. The van der Waals surface area contributed by atoms with Gasteiger partial charge in [-0.3, -0.25) is 14.5 Å². The van der Waals surface area contributed by atoms with Crippen LogP contribution in [0, 0.1) is 13.8 Å². The topological polar surface area (TPSA) is 68.4 Å². The Morgan fingerprint density at radius 2 is 1.70 bits per heavy atom. The molecule has 0 spiro atoms. The number of nitrogens with zero attached hydrogens (tertiary/aromatic N) is 2. The predicted molar refractivity (Wildman–Crippen MR) is 132 cm³/mol. The third-order valence-electron chi connectivity index (χ3n) is 7.12. The van der Waals surface area contributed by atoms with Gasteiger partial charge in [-0.2, -0.15) is 0 Å². The van der Waals surface area contributed by atoms with E-state index in [2.05, 4.69) is 27.3 Å². The summed E-state index contributed by atoms with van der Waals surface area (Å²) in [5, 5.41) is 4.27. The van der Waals surface area contributed by atoms with Gasteiger partial charge in [0.15, 0.2) is 0 Å². The van der Waals surface area contributed by atoms with Gasteiger partial charge in [-0.15, -0.1) is 0 Å². The van der Waals surface area contributed by atoms with Gasteiger partial charge >= 0.3 is 0 Å². The smallest absolute Gasteiger partial charge is 0.253 e. The zero-order valence-electron chi connectivity index (χ0n) is 19.5. The first-order valence-corrected chi connectivity index (χ1v) is 12.0. The Labute approximate surface area is 195 Å². The second-order valence-electron chi connectivity index (χ2n) is 9.43. The summed E-state index contributed by atoms with van der Waals surface area (Å²) in [5.74, 6) is 0.0807. The van der Waals surface area contributed by atoms with Crippen LogP contribution in [0.25, 0.3) is 10.9 Å². The van der Waals surface area contributed by atoms with Crippen molar-refractivity contribution in [2.75, 3.05) is 38.0 Å². The number of anilines is 1. The molecule has 6 heteroatoms. The van der Waals surface area contributed by atoms with Crippen molar-refractivity contribution in [1.82, 2.24) is 14.8 Å². The number of H-pyrrole nitrogens is 1. The van der Waals surface area contributed by atoms with Crippen LogP contribution in [0.3, 0.4) is 0 Å². The third kappa shape index (κ3) is 4.40. The van der Waals surface area contributed by atoms with E-state index in [1.165, 1.54) is 29.5 Å². The summed E-state index contributed by atoms with van der Waals surface area (Å²) >= 11 is 0. The van der Waals surface area contributed by atoms with Gasteiger partial charge in [0.1, 0.15) is 0 Å². The van der Waals surface area contributed by atoms with E-state index < -0.39 is 0 Å². The molecule has 0 unspecified atom stereocenters. The molecule has 0 radical (unpaired) electrons. The molecule has 33 heavy (non-hydrogen) atoms. The average Bonchev–Trinajstić information content (AvgIpc) is 3.19. The van der Waals surface area contributed by atoms with Crippen LogP contribution in [0.4, 0.5) is 5.69 Å². The second-order valence-corrected chi connectivity index (χ2v) is 9.43. The van der Waals surface area contributed by atoms with Gasteiger partial charge in [0, 0.05) is 54.0 Å². The molecule has 1 fully saturated rings. The molecule has 0 saturated carbocycles. The molecule has 2 aliphatic rings. The summed E-state index contributed by atoms with van der Waals surface area (Å²) in [6.45, 7) is 7.04. The zero-order valence-corrected chi connectivity index (χ0v) is 19.5. The molecule has 2 amide bonds. The number of fused-ring (bicyclic) bond motifs is 3. The quantitative estimate of drug-likeness (QED) is 0.638. The van der Waals surface area contributed by atoms with E-state index in [9.17, 15) is 9.59 Å². The summed E-state index contributed by atoms with van der Waals surface area (Å²) < 4.78 is 0. The number of para-hydroxylation sites is 1. The van der Waals surface area contributed by atoms with Gasteiger partial charge in [-0.1, -0.05) is 18.2 Å². The maximum absolute atomic E-state index is 13.2. The minimum Gasteiger partial charge on any atom is -0.358 e. The maximum atomic E-state index is 13.2. The molecular weight excluding hydrogens is 412 g/mol. The Hall–Kier alpha value is -3.12. The summed E-state index contributed by atoms with van der Waals surface area (Å²) in [7, 11) is 0. The molecule has 2 aromatic carbocycles. The normalized spacial score (nSPS) is 16.6. The number of carbonyl (C=O) groups is 2. The first-order valence-electron chi connectivity index (χ1n) is 12.0. The molecule has 5 rings (SSSR count). The largest absolute Gasteiger partial charge is 0.358 e. The van der Waals surface area contributed by atoms with Crippen molar-refractivity contribution in [3.63, 3.8) is 0 Å². The fourth-order valence-corrected chi connectivity index (χ4v) is 5.22. The minimum absolute atomic E-state index is 0.00476. The Balaban J connectivity index is 1.19. The highest BCUT2D eigenvalue weighted by Crippen LogP contribution is 2.30. The fourth-order valence-electron chi connectivity index (χ4n) is 5.22. The summed E-state index contributed by atoms with van der Waals surface area (Å²) in [6, 6.07) is 12.1. The van der Waals surface area contributed by atoms with Gasteiger partial charge in [0.2, 0.25) is 5.91 Å². The van der Waals surface area contributed by atoms with Gasteiger partial charge in [-0.05, 0) is 74.4 Å². The Bertz CT molecular complexity index is 1180. The SMILES string of the molecule is Cc1cccc(C)c1NC(=O)CN1CCN(C(=O)c2ccc3[nH]c4c(c3c2)CCCC4)CC1. The number of aryl methyl sites for hydroxylation is 4. The van der Waals surface area contributed by atoms with Gasteiger partial charge in [-0.25, -0.2) is 0 Å². The lowest BCUT2D eigenvalue weighted by atomic mass is 9.95. The van der Waals surface area contributed by atoms with Crippen LogP contribution in [0.15, 0.2) is 36.4 Å². The van der Waals surface area contributed by atoms with E-state index in [1.54, 1.807) is 0 Å². The fraction of sp³-hybridized carbons (Fsp3) is 0.407. The highest BCUT2D eigenvalue weighted by atomic mass is 16.2. The van der Waals surface area contributed by atoms with Crippen LogP contribution >= 0.6 is 0 Å². The predicted octanol–water partition coefficient (Wildman–Crippen LogP) is 4.06. The van der Waals surface area contributed by atoms with E-state index in [1.807, 2.05) is 43.0 Å². The maximum Gasteiger partial charge on any atom is 0.253 e. The van der Waals surface area contributed by atoms with Crippen molar-refractivity contribution in [2.45, 2.75) is 39.5 Å². The Morgan fingerprint density at radius 3 is 2.45 bits per heavy atom. The number of hydrogen-bond acceptors (Lipinski definition) is 3. The van der Waals surface area contributed by atoms with Crippen LogP contribution in [-0.4, -0.2) is 59.3 Å². The number of aromatic nitrogens is 1. The van der Waals surface area contributed by atoms with Gasteiger partial charge in [0.05, 0.1) is 6.54 Å². The number of carbonyl (C=O) groups excluding carboxylic acids is 2. The molecule has 1 aromatic heterocycles. The number of amides is 2. The van der Waals surface area contributed by atoms with E-state index in [-0.39, 0.29) is 11.8 Å². The van der Waals surface area contributed by atoms with Crippen molar-refractivity contribution in [2.24, 2.45) is 0 Å². The van der Waals surface area contributed by atoms with E-state index >= 15 is 0 Å². The van der Waals surface area contributed by atoms with Crippen LogP contribution in [0.2, 0.25) is 0 Å². The molecule has 1 aliphatic carbocycles. The molecule has 1 saturated heterocycles. The van der Waals surface area contributed by atoms with Crippen molar-refractivity contribution >= 4 is 28.4 Å². The number of nitrogens with one attached hydrogen (secondary N) is 2.